The Balaban J connectivity index is 2.27. The van der Waals surface area contributed by atoms with Crippen molar-refractivity contribution in [1.82, 2.24) is 9.97 Å². The van der Waals surface area contributed by atoms with Crippen LogP contribution in [0.3, 0.4) is 0 Å². The van der Waals surface area contributed by atoms with Crippen LogP contribution in [-0.2, 0) is 0 Å². The van der Waals surface area contributed by atoms with E-state index >= 15 is 0 Å². The minimum atomic E-state index is 0.360. The van der Waals surface area contributed by atoms with E-state index in [1.165, 1.54) is 0 Å². The Bertz CT molecular complexity index is 563. The largest absolute Gasteiger partial charge is 0.497 e. The second kappa shape index (κ2) is 6.23. The van der Waals surface area contributed by atoms with Gasteiger partial charge in [0.1, 0.15) is 23.6 Å². The summed E-state index contributed by atoms with van der Waals surface area (Å²) < 4.78 is 10.5. The summed E-state index contributed by atoms with van der Waals surface area (Å²) in [4.78, 5) is 8.47. The highest BCUT2D eigenvalue weighted by atomic mass is 16.5. The van der Waals surface area contributed by atoms with Gasteiger partial charge < -0.3 is 14.8 Å². The van der Waals surface area contributed by atoms with Crippen LogP contribution < -0.4 is 14.8 Å². The topological polar surface area (TPSA) is 56.3 Å². The van der Waals surface area contributed by atoms with Crippen LogP contribution in [0, 0.1) is 0 Å². The van der Waals surface area contributed by atoms with Gasteiger partial charge >= 0.3 is 0 Å². The van der Waals surface area contributed by atoms with E-state index in [4.69, 9.17) is 9.47 Å². The molecule has 0 aliphatic rings. The fourth-order valence-corrected chi connectivity index (χ4v) is 1.78. The number of aromatic nitrogens is 2. The lowest BCUT2D eigenvalue weighted by Gasteiger charge is -2.11. The summed E-state index contributed by atoms with van der Waals surface area (Å²) >= 11 is 0. The van der Waals surface area contributed by atoms with E-state index in [2.05, 4.69) is 29.1 Å². The lowest BCUT2D eigenvalue weighted by atomic mass is 10.1. The van der Waals surface area contributed by atoms with E-state index in [0.717, 1.165) is 28.7 Å². The second-order valence-corrected chi connectivity index (χ2v) is 4.71. The summed E-state index contributed by atoms with van der Waals surface area (Å²) in [5, 5.41) is 3.24. The predicted molar refractivity (Wildman–Crippen MR) is 78.9 cm³/mol. The number of ether oxygens (including phenoxy) is 2. The van der Waals surface area contributed by atoms with Crippen molar-refractivity contribution in [3.63, 3.8) is 0 Å². The molecule has 0 aliphatic carbocycles. The van der Waals surface area contributed by atoms with E-state index in [-0.39, 0.29) is 0 Å². The molecule has 0 amide bonds. The monoisotopic (exact) mass is 273 g/mol. The molecule has 2 aromatic rings. The number of nitrogens with one attached hydrogen (secondary N) is 1. The van der Waals surface area contributed by atoms with Gasteiger partial charge in [0.15, 0.2) is 0 Å². The van der Waals surface area contributed by atoms with Crippen molar-refractivity contribution >= 4 is 11.5 Å². The van der Waals surface area contributed by atoms with E-state index in [1.807, 2.05) is 24.3 Å². The van der Waals surface area contributed by atoms with Gasteiger partial charge in [-0.1, -0.05) is 13.8 Å². The summed E-state index contributed by atoms with van der Waals surface area (Å²) in [7, 11) is 3.25. The maximum absolute atomic E-state index is 5.24. The summed E-state index contributed by atoms with van der Waals surface area (Å²) in [5.41, 5.74) is 1.85. The van der Waals surface area contributed by atoms with Gasteiger partial charge in [-0.15, -0.1) is 0 Å². The first-order chi connectivity index (χ1) is 9.62. The van der Waals surface area contributed by atoms with Crippen molar-refractivity contribution in [2.24, 2.45) is 0 Å². The number of nitrogens with zero attached hydrogens (tertiary/aromatic N) is 2. The van der Waals surface area contributed by atoms with Crippen molar-refractivity contribution in [2.45, 2.75) is 19.8 Å². The molecule has 2 rings (SSSR count). The van der Waals surface area contributed by atoms with Crippen molar-refractivity contribution in [3.05, 3.63) is 36.3 Å². The molecular formula is C15H19N3O2. The molecule has 0 unspecified atom stereocenters. The van der Waals surface area contributed by atoms with Crippen molar-refractivity contribution in [1.29, 1.82) is 0 Å². The zero-order chi connectivity index (χ0) is 14.5. The highest BCUT2D eigenvalue weighted by Gasteiger charge is 2.06. The van der Waals surface area contributed by atoms with Crippen LogP contribution in [0.25, 0.3) is 0 Å². The molecule has 1 aromatic heterocycles. The average Bonchev–Trinajstić information content (AvgIpc) is 2.47. The first-order valence-corrected chi connectivity index (χ1v) is 6.44. The Morgan fingerprint density at radius 1 is 0.950 bits per heavy atom. The van der Waals surface area contributed by atoms with Crippen LogP contribution in [0.4, 0.5) is 11.5 Å². The number of methoxy groups -OCH3 is 2. The third-order valence-corrected chi connectivity index (χ3v) is 2.90. The summed E-state index contributed by atoms with van der Waals surface area (Å²) in [6.45, 7) is 4.20. The molecule has 1 N–H and O–H groups in total. The number of benzene rings is 1. The number of hydrogen-bond donors (Lipinski definition) is 1. The molecule has 0 bridgehead atoms. The molecule has 1 heterocycles. The SMILES string of the molecule is COc1cc(Nc2cc(C(C)C)ncn2)cc(OC)c1. The van der Waals surface area contributed by atoms with Crippen LogP contribution in [0.2, 0.25) is 0 Å². The molecular weight excluding hydrogens is 254 g/mol. The Morgan fingerprint density at radius 3 is 2.15 bits per heavy atom. The lowest BCUT2D eigenvalue weighted by Crippen LogP contribution is -1.99. The van der Waals surface area contributed by atoms with E-state index in [9.17, 15) is 0 Å². The summed E-state index contributed by atoms with van der Waals surface area (Å²) in [6, 6.07) is 7.54. The summed E-state index contributed by atoms with van der Waals surface area (Å²) in [5.74, 6) is 2.56. The molecule has 1 aromatic carbocycles. The highest BCUT2D eigenvalue weighted by Crippen LogP contribution is 2.27. The smallest absolute Gasteiger partial charge is 0.134 e. The molecule has 106 valence electrons. The second-order valence-electron chi connectivity index (χ2n) is 4.71. The van der Waals surface area contributed by atoms with Gasteiger partial charge in [-0.2, -0.15) is 0 Å². The lowest BCUT2D eigenvalue weighted by molar-refractivity contribution is 0.395. The van der Waals surface area contributed by atoms with Gasteiger partial charge in [0.05, 0.1) is 14.2 Å². The minimum Gasteiger partial charge on any atom is -0.497 e. The van der Waals surface area contributed by atoms with Crippen LogP contribution in [0.15, 0.2) is 30.6 Å². The van der Waals surface area contributed by atoms with Gasteiger partial charge in [0.2, 0.25) is 0 Å². The Kier molecular flexibility index (Phi) is 4.40. The minimum absolute atomic E-state index is 0.360. The van der Waals surface area contributed by atoms with Gasteiger partial charge in [-0.05, 0) is 5.92 Å². The van der Waals surface area contributed by atoms with Crippen LogP contribution in [-0.4, -0.2) is 24.2 Å². The quantitative estimate of drug-likeness (QED) is 0.905. The molecule has 0 atom stereocenters. The Morgan fingerprint density at radius 2 is 1.60 bits per heavy atom. The molecule has 0 spiro atoms. The normalized spacial score (nSPS) is 10.4. The number of rotatable bonds is 5. The zero-order valence-corrected chi connectivity index (χ0v) is 12.2. The number of anilines is 2. The molecule has 0 fully saturated rings. The maximum Gasteiger partial charge on any atom is 0.134 e. The van der Waals surface area contributed by atoms with Gasteiger partial charge in [0, 0.05) is 35.6 Å². The van der Waals surface area contributed by atoms with Crippen LogP contribution in [0.5, 0.6) is 11.5 Å². The van der Waals surface area contributed by atoms with E-state index in [0.29, 0.717) is 5.92 Å². The Hall–Kier alpha value is -2.30. The van der Waals surface area contributed by atoms with Gasteiger partial charge in [-0.3, -0.25) is 0 Å². The fraction of sp³-hybridized carbons (Fsp3) is 0.333. The van der Waals surface area contributed by atoms with Crippen molar-refractivity contribution < 1.29 is 9.47 Å². The fourth-order valence-electron chi connectivity index (χ4n) is 1.78. The predicted octanol–water partition coefficient (Wildman–Crippen LogP) is 3.36. The summed E-state index contributed by atoms with van der Waals surface area (Å²) in [6.07, 6.45) is 1.56. The Labute approximate surface area is 119 Å². The average molecular weight is 273 g/mol. The molecule has 0 saturated heterocycles. The number of hydrogen-bond acceptors (Lipinski definition) is 5. The molecule has 0 saturated carbocycles. The van der Waals surface area contributed by atoms with Crippen LogP contribution >= 0.6 is 0 Å². The molecule has 0 radical (unpaired) electrons. The molecule has 20 heavy (non-hydrogen) atoms. The maximum atomic E-state index is 5.24. The van der Waals surface area contributed by atoms with Gasteiger partial charge in [0.25, 0.3) is 0 Å². The van der Waals surface area contributed by atoms with Gasteiger partial charge in [-0.25, -0.2) is 9.97 Å². The zero-order valence-electron chi connectivity index (χ0n) is 12.2. The molecule has 5 nitrogen and oxygen atoms in total. The van der Waals surface area contributed by atoms with E-state index < -0.39 is 0 Å². The standard InChI is InChI=1S/C15H19N3O2/c1-10(2)14-8-15(17-9-16-14)18-11-5-12(19-3)7-13(6-11)20-4/h5-10H,1-4H3,(H,16,17,18). The van der Waals surface area contributed by atoms with E-state index in [1.54, 1.807) is 20.5 Å². The molecule has 0 aliphatic heterocycles. The first-order valence-electron chi connectivity index (χ1n) is 6.44. The van der Waals surface area contributed by atoms with Crippen molar-refractivity contribution in [2.75, 3.05) is 19.5 Å². The third kappa shape index (κ3) is 3.38. The van der Waals surface area contributed by atoms with Crippen molar-refractivity contribution in [3.8, 4) is 11.5 Å². The highest BCUT2D eigenvalue weighted by molar-refractivity contribution is 5.61. The molecule has 5 heteroatoms. The van der Waals surface area contributed by atoms with Crippen LogP contribution in [0.1, 0.15) is 25.5 Å². The third-order valence-electron chi connectivity index (χ3n) is 2.90. The first kappa shape index (κ1) is 14.1.